The molecule has 1 amide bonds. The molecule has 1 atom stereocenters. The standard InChI is InChI=1S/C18H22N2O3/c1-11-7-16(12(2)23-11)18(22)20-17(13-8-15(21)9-13)10-14-5-3-4-6-19-14/h3-7,13,15,17,21H,8-10H2,1-2H3,(H,20,22)/t13?,15?,17-/m0/s1. The molecule has 0 aromatic carbocycles. The Balaban J connectivity index is 1.73. The van der Waals surface area contributed by atoms with E-state index in [2.05, 4.69) is 10.3 Å². The first-order valence-corrected chi connectivity index (χ1v) is 7.99. The number of aryl methyl sites for hydroxylation is 2. The largest absolute Gasteiger partial charge is 0.466 e. The molecule has 1 fully saturated rings. The fourth-order valence-electron chi connectivity index (χ4n) is 3.14. The maximum Gasteiger partial charge on any atom is 0.255 e. The van der Waals surface area contributed by atoms with Gasteiger partial charge in [0.2, 0.25) is 0 Å². The molecule has 2 heterocycles. The third kappa shape index (κ3) is 3.62. The molecule has 2 aromatic rings. The van der Waals surface area contributed by atoms with Gasteiger partial charge >= 0.3 is 0 Å². The summed E-state index contributed by atoms with van der Waals surface area (Å²) < 4.78 is 5.44. The maximum absolute atomic E-state index is 12.6. The number of carbonyl (C=O) groups is 1. The van der Waals surface area contributed by atoms with Crippen LogP contribution in [0.1, 0.15) is 40.4 Å². The van der Waals surface area contributed by atoms with Crippen molar-refractivity contribution >= 4 is 5.91 Å². The van der Waals surface area contributed by atoms with E-state index in [4.69, 9.17) is 4.42 Å². The van der Waals surface area contributed by atoms with Crippen LogP contribution in [0.2, 0.25) is 0 Å². The van der Waals surface area contributed by atoms with E-state index in [0.29, 0.717) is 17.7 Å². The van der Waals surface area contributed by atoms with E-state index in [1.165, 1.54) is 0 Å². The topological polar surface area (TPSA) is 75.4 Å². The molecule has 0 aliphatic heterocycles. The van der Waals surface area contributed by atoms with E-state index in [0.717, 1.165) is 24.3 Å². The number of furan rings is 1. The van der Waals surface area contributed by atoms with Crippen molar-refractivity contribution in [2.75, 3.05) is 0 Å². The molecule has 0 radical (unpaired) electrons. The van der Waals surface area contributed by atoms with Crippen molar-refractivity contribution in [2.45, 2.75) is 45.3 Å². The molecule has 23 heavy (non-hydrogen) atoms. The Kier molecular flexibility index (Phi) is 4.48. The van der Waals surface area contributed by atoms with Crippen LogP contribution in [0.4, 0.5) is 0 Å². The predicted molar refractivity (Wildman–Crippen MR) is 86.1 cm³/mol. The quantitative estimate of drug-likeness (QED) is 0.888. The van der Waals surface area contributed by atoms with Gasteiger partial charge in [-0.1, -0.05) is 6.07 Å². The van der Waals surface area contributed by atoms with Crippen LogP contribution >= 0.6 is 0 Å². The summed E-state index contributed by atoms with van der Waals surface area (Å²) in [5, 5.41) is 12.7. The lowest BCUT2D eigenvalue weighted by molar-refractivity contribution is 0.0237. The highest BCUT2D eigenvalue weighted by atomic mass is 16.3. The second-order valence-electron chi connectivity index (χ2n) is 6.32. The van der Waals surface area contributed by atoms with E-state index >= 15 is 0 Å². The molecule has 5 heteroatoms. The van der Waals surface area contributed by atoms with Crippen LogP contribution in [0.3, 0.4) is 0 Å². The van der Waals surface area contributed by atoms with Gasteiger partial charge in [-0.25, -0.2) is 0 Å². The van der Waals surface area contributed by atoms with Crippen LogP contribution in [0.25, 0.3) is 0 Å². The van der Waals surface area contributed by atoms with Crippen molar-refractivity contribution in [1.29, 1.82) is 0 Å². The van der Waals surface area contributed by atoms with Gasteiger partial charge in [-0.15, -0.1) is 0 Å². The number of aliphatic hydroxyl groups excluding tert-OH is 1. The minimum Gasteiger partial charge on any atom is -0.466 e. The number of hydrogen-bond donors (Lipinski definition) is 2. The summed E-state index contributed by atoms with van der Waals surface area (Å²) in [6.07, 6.45) is 3.62. The molecule has 3 rings (SSSR count). The van der Waals surface area contributed by atoms with Crippen molar-refractivity contribution in [3.05, 3.63) is 53.2 Å². The Morgan fingerprint density at radius 1 is 1.43 bits per heavy atom. The monoisotopic (exact) mass is 314 g/mol. The lowest BCUT2D eigenvalue weighted by Crippen LogP contribution is -2.48. The first kappa shape index (κ1) is 15.7. The molecule has 1 saturated carbocycles. The average molecular weight is 314 g/mol. The number of pyridine rings is 1. The summed E-state index contributed by atoms with van der Waals surface area (Å²) in [7, 11) is 0. The molecule has 0 bridgehead atoms. The van der Waals surface area contributed by atoms with Gasteiger partial charge in [0.1, 0.15) is 11.5 Å². The van der Waals surface area contributed by atoms with Crippen LogP contribution in [-0.2, 0) is 6.42 Å². The highest BCUT2D eigenvalue weighted by Crippen LogP contribution is 2.31. The Bertz CT molecular complexity index is 675. The van der Waals surface area contributed by atoms with Gasteiger partial charge in [-0.05, 0) is 50.8 Å². The molecule has 5 nitrogen and oxygen atoms in total. The minimum absolute atomic E-state index is 0.0320. The van der Waals surface area contributed by atoms with Crippen molar-refractivity contribution in [3.63, 3.8) is 0 Å². The van der Waals surface area contributed by atoms with E-state index in [1.807, 2.05) is 25.1 Å². The van der Waals surface area contributed by atoms with E-state index < -0.39 is 0 Å². The third-order valence-electron chi connectivity index (χ3n) is 4.48. The van der Waals surface area contributed by atoms with Crippen molar-refractivity contribution in [3.8, 4) is 0 Å². The Hall–Kier alpha value is -2.14. The number of nitrogens with one attached hydrogen (secondary N) is 1. The minimum atomic E-state index is -0.249. The lowest BCUT2D eigenvalue weighted by Gasteiger charge is -2.38. The SMILES string of the molecule is Cc1cc(C(=O)N[C@@H](Cc2ccccn2)C2CC(O)C2)c(C)o1. The molecule has 2 N–H and O–H groups in total. The summed E-state index contributed by atoms with van der Waals surface area (Å²) in [5.41, 5.74) is 1.52. The van der Waals surface area contributed by atoms with Gasteiger partial charge in [-0.2, -0.15) is 0 Å². The van der Waals surface area contributed by atoms with Gasteiger partial charge in [0.05, 0.1) is 11.7 Å². The van der Waals surface area contributed by atoms with Gasteiger partial charge in [0, 0.05) is 24.4 Å². The zero-order valence-electron chi connectivity index (χ0n) is 13.5. The lowest BCUT2D eigenvalue weighted by atomic mass is 9.76. The summed E-state index contributed by atoms with van der Waals surface area (Å²) in [6, 6.07) is 7.51. The molecule has 2 aromatic heterocycles. The number of aliphatic hydroxyl groups is 1. The Morgan fingerprint density at radius 2 is 2.22 bits per heavy atom. The normalized spacial score (nSPS) is 21.5. The molecule has 1 aliphatic carbocycles. The van der Waals surface area contributed by atoms with E-state index in [1.54, 1.807) is 19.2 Å². The number of carbonyl (C=O) groups excluding carboxylic acids is 1. The number of aromatic nitrogens is 1. The molecular formula is C18H22N2O3. The number of amides is 1. The number of nitrogens with zero attached hydrogens (tertiary/aromatic N) is 1. The molecule has 122 valence electrons. The average Bonchev–Trinajstić information content (AvgIpc) is 2.83. The summed E-state index contributed by atoms with van der Waals surface area (Å²) >= 11 is 0. The second kappa shape index (κ2) is 6.54. The molecule has 1 aliphatic rings. The smallest absolute Gasteiger partial charge is 0.255 e. The highest BCUT2D eigenvalue weighted by Gasteiger charge is 2.35. The zero-order chi connectivity index (χ0) is 16.4. The Labute approximate surface area is 135 Å². The van der Waals surface area contributed by atoms with Crippen molar-refractivity contribution in [1.82, 2.24) is 10.3 Å². The zero-order valence-corrected chi connectivity index (χ0v) is 13.5. The maximum atomic E-state index is 12.6. The molecular weight excluding hydrogens is 292 g/mol. The Morgan fingerprint density at radius 3 is 2.78 bits per heavy atom. The van der Waals surface area contributed by atoms with Gasteiger partial charge in [0.15, 0.2) is 0 Å². The summed E-state index contributed by atoms with van der Waals surface area (Å²) in [5.74, 6) is 1.52. The third-order valence-corrected chi connectivity index (χ3v) is 4.48. The van der Waals surface area contributed by atoms with E-state index in [-0.39, 0.29) is 24.0 Å². The van der Waals surface area contributed by atoms with Crippen LogP contribution < -0.4 is 5.32 Å². The number of hydrogen-bond acceptors (Lipinski definition) is 4. The first-order chi connectivity index (χ1) is 11.0. The second-order valence-corrected chi connectivity index (χ2v) is 6.32. The fraction of sp³-hybridized carbons (Fsp3) is 0.444. The predicted octanol–water partition coefficient (Wildman–Crippen LogP) is 2.40. The summed E-state index contributed by atoms with van der Waals surface area (Å²) in [4.78, 5) is 16.9. The van der Waals surface area contributed by atoms with Gasteiger partial charge < -0.3 is 14.8 Å². The van der Waals surface area contributed by atoms with E-state index in [9.17, 15) is 9.90 Å². The van der Waals surface area contributed by atoms with Gasteiger partial charge in [-0.3, -0.25) is 9.78 Å². The van der Waals surface area contributed by atoms with Crippen molar-refractivity contribution in [2.24, 2.45) is 5.92 Å². The van der Waals surface area contributed by atoms with Crippen LogP contribution in [0, 0.1) is 19.8 Å². The molecule has 0 unspecified atom stereocenters. The van der Waals surface area contributed by atoms with Crippen LogP contribution in [0.5, 0.6) is 0 Å². The van der Waals surface area contributed by atoms with Crippen LogP contribution in [-0.4, -0.2) is 28.1 Å². The number of rotatable bonds is 5. The molecule has 0 spiro atoms. The first-order valence-electron chi connectivity index (χ1n) is 7.99. The van der Waals surface area contributed by atoms with Crippen LogP contribution in [0.15, 0.2) is 34.9 Å². The van der Waals surface area contributed by atoms with Gasteiger partial charge in [0.25, 0.3) is 5.91 Å². The summed E-state index contributed by atoms with van der Waals surface area (Å²) in [6.45, 7) is 3.63. The van der Waals surface area contributed by atoms with Crippen molar-refractivity contribution < 1.29 is 14.3 Å². The highest BCUT2D eigenvalue weighted by molar-refractivity contribution is 5.95. The molecule has 0 saturated heterocycles. The fourth-order valence-corrected chi connectivity index (χ4v) is 3.14.